The van der Waals surface area contributed by atoms with Crippen molar-refractivity contribution >= 4 is 17.5 Å². The standard InChI is InChI=1S/C29H34N2O8/c1-34-21-15-20(16-22(17-21)35-2)31(29(33)23-11-8-12-39-23)26(28(32)30-19-9-6-7-10-19)18-13-24(36-3)27(38-5)25(14-18)37-4/h8,11-17,19,26H,6-7,9-10H2,1-5H3,(H,30,32)/t26-/m0/s1. The molecule has 1 aliphatic rings. The Hall–Kier alpha value is -4.34. The summed E-state index contributed by atoms with van der Waals surface area (Å²) < 4.78 is 33.1. The Kier molecular flexibility index (Phi) is 8.85. The minimum absolute atomic E-state index is 0.00227. The van der Waals surface area contributed by atoms with E-state index in [4.69, 9.17) is 28.1 Å². The van der Waals surface area contributed by atoms with E-state index in [1.165, 1.54) is 46.7 Å². The molecule has 1 aromatic heterocycles. The Morgan fingerprint density at radius 1 is 0.872 bits per heavy atom. The van der Waals surface area contributed by atoms with Gasteiger partial charge in [-0.15, -0.1) is 0 Å². The Morgan fingerprint density at radius 3 is 1.97 bits per heavy atom. The van der Waals surface area contributed by atoms with Crippen molar-refractivity contribution in [2.75, 3.05) is 40.4 Å². The molecule has 0 radical (unpaired) electrons. The van der Waals surface area contributed by atoms with Crippen molar-refractivity contribution in [3.05, 3.63) is 60.1 Å². The molecule has 1 N–H and O–H groups in total. The predicted molar refractivity (Wildman–Crippen MR) is 144 cm³/mol. The van der Waals surface area contributed by atoms with Gasteiger partial charge in [-0.1, -0.05) is 12.8 Å². The maximum atomic E-state index is 14.1. The zero-order chi connectivity index (χ0) is 27.9. The van der Waals surface area contributed by atoms with Crippen molar-refractivity contribution in [2.45, 2.75) is 37.8 Å². The SMILES string of the molecule is COc1cc(OC)cc(N(C(=O)c2ccco2)[C@H](C(=O)NC2CCCC2)c2cc(OC)c(OC)c(OC)c2)c1. The molecule has 1 fully saturated rings. The molecule has 10 nitrogen and oxygen atoms in total. The van der Waals surface area contributed by atoms with E-state index in [1.807, 2.05) is 0 Å². The van der Waals surface area contributed by atoms with Crippen LogP contribution in [0.2, 0.25) is 0 Å². The van der Waals surface area contributed by atoms with Crippen molar-refractivity contribution in [2.24, 2.45) is 0 Å². The highest BCUT2D eigenvalue weighted by Gasteiger charge is 2.37. The molecule has 0 saturated heterocycles. The third-order valence-corrected chi connectivity index (χ3v) is 6.78. The summed E-state index contributed by atoms with van der Waals surface area (Å²) in [5.74, 6) is 1.11. The van der Waals surface area contributed by atoms with Crippen LogP contribution in [0, 0.1) is 0 Å². The number of carbonyl (C=O) groups is 2. The molecular formula is C29H34N2O8. The van der Waals surface area contributed by atoms with Crippen LogP contribution in [0.15, 0.2) is 53.1 Å². The Labute approximate surface area is 227 Å². The highest BCUT2D eigenvalue weighted by molar-refractivity contribution is 6.09. The van der Waals surface area contributed by atoms with E-state index in [2.05, 4.69) is 5.32 Å². The van der Waals surface area contributed by atoms with Crippen LogP contribution in [0.25, 0.3) is 0 Å². The van der Waals surface area contributed by atoms with E-state index in [0.717, 1.165) is 25.7 Å². The summed E-state index contributed by atoms with van der Waals surface area (Å²) in [5, 5.41) is 3.15. The lowest BCUT2D eigenvalue weighted by molar-refractivity contribution is -0.123. The average Bonchev–Trinajstić information content (AvgIpc) is 3.69. The summed E-state index contributed by atoms with van der Waals surface area (Å²) in [4.78, 5) is 29.6. The molecule has 1 aliphatic carbocycles. The first-order valence-electron chi connectivity index (χ1n) is 12.6. The average molecular weight is 539 g/mol. The van der Waals surface area contributed by atoms with Crippen LogP contribution in [0.3, 0.4) is 0 Å². The zero-order valence-corrected chi connectivity index (χ0v) is 22.8. The third-order valence-electron chi connectivity index (χ3n) is 6.78. The van der Waals surface area contributed by atoms with Crippen LogP contribution in [-0.4, -0.2) is 53.4 Å². The number of benzene rings is 2. The first-order chi connectivity index (χ1) is 18.9. The molecule has 208 valence electrons. The van der Waals surface area contributed by atoms with Crippen LogP contribution < -0.4 is 33.9 Å². The minimum Gasteiger partial charge on any atom is -0.497 e. The van der Waals surface area contributed by atoms with Gasteiger partial charge in [-0.25, -0.2) is 0 Å². The summed E-state index contributed by atoms with van der Waals surface area (Å²) in [6.45, 7) is 0. The number of rotatable bonds is 11. The smallest absolute Gasteiger partial charge is 0.294 e. The van der Waals surface area contributed by atoms with Gasteiger partial charge in [0, 0.05) is 24.2 Å². The summed E-state index contributed by atoms with van der Waals surface area (Å²) in [6, 6.07) is 10.4. The molecule has 3 aromatic rings. The number of furan rings is 1. The van der Waals surface area contributed by atoms with Crippen LogP contribution in [0.1, 0.15) is 47.8 Å². The second-order valence-corrected chi connectivity index (χ2v) is 9.07. The molecule has 0 unspecified atom stereocenters. The number of nitrogens with one attached hydrogen (secondary N) is 1. The minimum atomic E-state index is -1.14. The van der Waals surface area contributed by atoms with Gasteiger partial charge in [0.05, 0.1) is 47.5 Å². The van der Waals surface area contributed by atoms with E-state index < -0.39 is 11.9 Å². The molecule has 0 spiro atoms. The lowest BCUT2D eigenvalue weighted by Crippen LogP contribution is -2.46. The van der Waals surface area contributed by atoms with E-state index >= 15 is 0 Å². The lowest BCUT2D eigenvalue weighted by Gasteiger charge is -2.32. The van der Waals surface area contributed by atoms with Gasteiger partial charge in [0.15, 0.2) is 17.3 Å². The number of hydrogen-bond donors (Lipinski definition) is 1. The summed E-state index contributed by atoms with van der Waals surface area (Å²) in [6.07, 6.45) is 5.20. The quantitative estimate of drug-likeness (QED) is 0.372. The summed E-state index contributed by atoms with van der Waals surface area (Å²) >= 11 is 0. The highest BCUT2D eigenvalue weighted by Crippen LogP contribution is 2.43. The van der Waals surface area contributed by atoms with Crippen molar-refractivity contribution in [1.82, 2.24) is 5.32 Å². The lowest BCUT2D eigenvalue weighted by atomic mass is 10.0. The van der Waals surface area contributed by atoms with Crippen LogP contribution in [0.5, 0.6) is 28.7 Å². The van der Waals surface area contributed by atoms with Crippen molar-refractivity contribution in [1.29, 1.82) is 0 Å². The molecule has 2 amide bonds. The normalized spacial score (nSPS) is 13.9. The monoisotopic (exact) mass is 538 g/mol. The Bertz CT molecular complexity index is 1240. The van der Waals surface area contributed by atoms with Gasteiger partial charge >= 0.3 is 0 Å². The maximum absolute atomic E-state index is 14.1. The fourth-order valence-electron chi connectivity index (χ4n) is 4.86. The number of hydrogen-bond acceptors (Lipinski definition) is 8. The van der Waals surface area contributed by atoms with E-state index in [1.54, 1.807) is 42.5 Å². The molecule has 1 saturated carbocycles. The number of amides is 2. The molecule has 4 rings (SSSR count). The Balaban J connectivity index is 1.95. The van der Waals surface area contributed by atoms with Gasteiger partial charge in [-0.2, -0.15) is 0 Å². The molecule has 1 heterocycles. The first kappa shape index (κ1) is 27.7. The molecule has 10 heteroatoms. The third kappa shape index (κ3) is 5.89. The van der Waals surface area contributed by atoms with Crippen LogP contribution >= 0.6 is 0 Å². The van der Waals surface area contributed by atoms with Crippen molar-refractivity contribution in [3.8, 4) is 28.7 Å². The molecule has 39 heavy (non-hydrogen) atoms. The number of nitrogens with zero attached hydrogens (tertiary/aromatic N) is 1. The molecule has 0 bridgehead atoms. The van der Waals surface area contributed by atoms with Crippen LogP contribution in [0.4, 0.5) is 5.69 Å². The van der Waals surface area contributed by atoms with Gasteiger partial charge in [-0.3, -0.25) is 14.5 Å². The number of methoxy groups -OCH3 is 5. The van der Waals surface area contributed by atoms with Gasteiger partial charge < -0.3 is 33.4 Å². The summed E-state index contributed by atoms with van der Waals surface area (Å²) in [7, 11) is 7.52. The summed E-state index contributed by atoms with van der Waals surface area (Å²) in [5.41, 5.74) is 0.814. The van der Waals surface area contributed by atoms with Crippen molar-refractivity contribution in [3.63, 3.8) is 0 Å². The second kappa shape index (κ2) is 12.5. The molecule has 2 aromatic carbocycles. The van der Waals surface area contributed by atoms with Crippen molar-refractivity contribution < 1.29 is 37.7 Å². The first-order valence-corrected chi connectivity index (χ1v) is 12.6. The van der Waals surface area contributed by atoms with Gasteiger partial charge in [0.1, 0.15) is 17.5 Å². The number of carbonyl (C=O) groups excluding carboxylic acids is 2. The fourth-order valence-corrected chi connectivity index (χ4v) is 4.86. The number of ether oxygens (including phenoxy) is 5. The maximum Gasteiger partial charge on any atom is 0.294 e. The Morgan fingerprint density at radius 2 is 1.49 bits per heavy atom. The largest absolute Gasteiger partial charge is 0.497 e. The molecule has 1 atom stereocenters. The fraction of sp³-hybridized carbons (Fsp3) is 0.379. The second-order valence-electron chi connectivity index (χ2n) is 9.07. The highest BCUT2D eigenvalue weighted by atomic mass is 16.5. The zero-order valence-electron chi connectivity index (χ0n) is 22.8. The van der Waals surface area contributed by atoms with E-state index in [9.17, 15) is 9.59 Å². The predicted octanol–water partition coefficient (Wildman–Crippen LogP) is 4.77. The molecule has 0 aliphatic heterocycles. The van der Waals surface area contributed by atoms with Gasteiger partial charge in [-0.05, 0) is 42.7 Å². The van der Waals surface area contributed by atoms with Gasteiger partial charge in [0.2, 0.25) is 11.7 Å². The van der Waals surface area contributed by atoms with E-state index in [0.29, 0.717) is 40.0 Å². The topological polar surface area (TPSA) is 109 Å². The molecular weight excluding hydrogens is 504 g/mol. The van der Waals surface area contributed by atoms with Crippen LogP contribution in [-0.2, 0) is 4.79 Å². The van der Waals surface area contributed by atoms with E-state index in [-0.39, 0.29) is 17.7 Å². The number of anilines is 1. The van der Waals surface area contributed by atoms with Gasteiger partial charge in [0.25, 0.3) is 5.91 Å².